The predicted octanol–water partition coefficient (Wildman–Crippen LogP) is 3.99. The fourth-order valence-corrected chi connectivity index (χ4v) is 5.90. The van der Waals surface area contributed by atoms with Crippen LogP contribution in [0.5, 0.6) is 5.75 Å². The number of hydrogen-bond acceptors (Lipinski definition) is 6. The Morgan fingerprint density at radius 2 is 1.74 bits per heavy atom. The van der Waals surface area contributed by atoms with E-state index in [1.54, 1.807) is 24.3 Å². The molecule has 2 N–H and O–H groups in total. The summed E-state index contributed by atoms with van der Waals surface area (Å²) in [7, 11) is 0. The highest BCUT2D eigenvalue weighted by Gasteiger charge is 2.82. The van der Waals surface area contributed by atoms with Crippen LogP contribution in [-0.4, -0.2) is 55.5 Å². The van der Waals surface area contributed by atoms with Crippen molar-refractivity contribution in [3.63, 3.8) is 0 Å². The Kier molecular flexibility index (Phi) is 6.41. The normalized spacial score (nSPS) is 24.9. The van der Waals surface area contributed by atoms with Crippen LogP contribution in [-0.2, 0) is 17.6 Å². The molecule has 2 atom stereocenters. The molecule has 3 aliphatic carbocycles. The number of nitrogens with zero attached hydrogens (tertiary/aromatic N) is 4. The van der Waals surface area contributed by atoms with Crippen molar-refractivity contribution >= 4 is 0 Å². The van der Waals surface area contributed by atoms with Gasteiger partial charge in [-0.15, -0.1) is 5.10 Å². The summed E-state index contributed by atoms with van der Waals surface area (Å²) in [5.41, 5.74) is -5.27. The average molecular weight is 542 g/mol. The van der Waals surface area contributed by atoms with Gasteiger partial charge in [0, 0.05) is 23.5 Å². The molecule has 3 saturated carbocycles. The molecule has 1 heterocycles. The smallest absolute Gasteiger partial charge is 0.287 e. The van der Waals surface area contributed by atoms with Crippen molar-refractivity contribution in [2.45, 2.75) is 61.7 Å². The van der Waals surface area contributed by atoms with Gasteiger partial charge in [0.15, 0.2) is 5.60 Å². The van der Waals surface area contributed by atoms with Gasteiger partial charge in [-0.1, -0.05) is 12.1 Å². The SMILES string of the molecule is O[C@H](COc1ccc(C23CC(C(F)(F)[C@@](O)(Cn4cnnn4)c4ccc(F)cc4F)(C2)C3)cc1)CC(F)F. The standard InChI is InChI=1S/C25H24F6N4O3/c26-16-3-6-19(20(27)7-16)24(37,13-35-14-32-33-34-35)25(30,31)23-10-22(11-23,12-23)15-1-4-18(5-2-15)38-9-17(36)8-21(28)29/h1-7,14,17,21,36-37H,8-13H2/t17-,22?,23?,24+/m0/s1. The van der Waals surface area contributed by atoms with Crippen LogP contribution in [0, 0.1) is 17.0 Å². The third-order valence-electron chi connectivity index (χ3n) is 7.73. The van der Waals surface area contributed by atoms with Crippen molar-refractivity contribution in [3.8, 4) is 5.75 Å². The molecule has 6 rings (SSSR count). The molecule has 0 unspecified atom stereocenters. The van der Waals surface area contributed by atoms with Gasteiger partial charge in [0.2, 0.25) is 6.43 Å². The monoisotopic (exact) mass is 542 g/mol. The van der Waals surface area contributed by atoms with Crippen molar-refractivity contribution in [3.05, 3.63) is 71.6 Å². The molecule has 3 fully saturated rings. The maximum absolute atomic E-state index is 16.2. The first-order valence-electron chi connectivity index (χ1n) is 11.9. The quantitative estimate of drug-likeness (QED) is 0.356. The molecule has 2 aromatic carbocycles. The third kappa shape index (κ3) is 4.21. The van der Waals surface area contributed by atoms with Crippen LogP contribution in [0.3, 0.4) is 0 Å². The lowest BCUT2D eigenvalue weighted by atomic mass is 9.30. The van der Waals surface area contributed by atoms with E-state index in [1.165, 1.54) is 0 Å². The topological polar surface area (TPSA) is 93.3 Å². The second-order valence-corrected chi connectivity index (χ2v) is 10.3. The summed E-state index contributed by atoms with van der Waals surface area (Å²) in [6.07, 6.45) is -3.63. The van der Waals surface area contributed by atoms with Gasteiger partial charge in [0.25, 0.3) is 5.92 Å². The lowest BCUT2D eigenvalue weighted by Crippen LogP contribution is -2.76. The predicted molar refractivity (Wildman–Crippen MR) is 120 cm³/mol. The van der Waals surface area contributed by atoms with Gasteiger partial charge in [-0.05, 0) is 64.9 Å². The number of benzene rings is 2. The molecule has 13 heteroatoms. The molecular weight excluding hydrogens is 518 g/mol. The first-order chi connectivity index (χ1) is 17.9. The number of hydrogen-bond donors (Lipinski definition) is 2. The van der Waals surface area contributed by atoms with E-state index in [4.69, 9.17) is 4.74 Å². The summed E-state index contributed by atoms with van der Waals surface area (Å²) in [6.45, 7) is -1.17. The Hall–Kier alpha value is -3.19. The Labute approximate surface area is 213 Å². The number of tetrazole rings is 1. The fraction of sp³-hybridized carbons (Fsp3) is 0.480. The van der Waals surface area contributed by atoms with E-state index in [9.17, 15) is 27.8 Å². The van der Waals surface area contributed by atoms with Crippen LogP contribution in [0.25, 0.3) is 0 Å². The highest BCUT2D eigenvalue weighted by atomic mass is 19.3. The average Bonchev–Trinajstić information content (AvgIpc) is 3.28. The molecule has 1 aromatic heterocycles. The zero-order valence-electron chi connectivity index (χ0n) is 19.9. The second kappa shape index (κ2) is 9.23. The van der Waals surface area contributed by atoms with E-state index >= 15 is 8.78 Å². The number of halogens is 6. The zero-order valence-corrected chi connectivity index (χ0v) is 19.9. The molecular formula is C25H24F6N4O3. The van der Waals surface area contributed by atoms with Crippen LogP contribution in [0.2, 0.25) is 0 Å². The number of ether oxygens (including phenoxy) is 1. The highest BCUT2D eigenvalue weighted by molar-refractivity contribution is 5.44. The van der Waals surface area contributed by atoms with Gasteiger partial charge in [-0.2, -0.15) is 0 Å². The van der Waals surface area contributed by atoms with Gasteiger partial charge >= 0.3 is 0 Å². The van der Waals surface area contributed by atoms with Crippen LogP contribution < -0.4 is 4.74 Å². The summed E-state index contributed by atoms with van der Waals surface area (Å²) < 4.78 is 91.6. The minimum Gasteiger partial charge on any atom is -0.491 e. The van der Waals surface area contributed by atoms with E-state index in [1.807, 2.05) is 0 Å². The lowest BCUT2D eigenvalue weighted by Gasteiger charge is -2.74. The number of alkyl halides is 4. The summed E-state index contributed by atoms with van der Waals surface area (Å²) >= 11 is 0. The lowest BCUT2D eigenvalue weighted by molar-refractivity contribution is -0.347. The van der Waals surface area contributed by atoms with Crippen molar-refractivity contribution < 1.29 is 41.3 Å². The summed E-state index contributed by atoms with van der Waals surface area (Å²) in [5, 5.41) is 31.3. The Morgan fingerprint density at radius 1 is 1.05 bits per heavy atom. The first-order valence-corrected chi connectivity index (χ1v) is 11.9. The minimum atomic E-state index is -3.84. The van der Waals surface area contributed by atoms with Crippen molar-refractivity contribution in [2.24, 2.45) is 5.41 Å². The zero-order chi connectivity index (χ0) is 27.3. The van der Waals surface area contributed by atoms with E-state index in [2.05, 4.69) is 15.5 Å². The van der Waals surface area contributed by atoms with E-state index < -0.39 is 65.0 Å². The largest absolute Gasteiger partial charge is 0.491 e. The summed E-state index contributed by atoms with van der Waals surface area (Å²) in [6, 6.07) is 8.55. The number of aliphatic hydroxyl groups excluding tert-OH is 1. The number of rotatable bonds is 11. The fourth-order valence-electron chi connectivity index (χ4n) is 5.90. The van der Waals surface area contributed by atoms with E-state index in [0.29, 0.717) is 11.8 Å². The molecule has 3 aromatic rings. The Morgan fingerprint density at radius 3 is 2.32 bits per heavy atom. The van der Waals surface area contributed by atoms with E-state index in [-0.39, 0.29) is 25.9 Å². The van der Waals surface area contributed by atoms with Gasteiger partial charge < -0.3 is 14.9 Å². The summed E-state index contributed by atoms with van der Waals surface area (Å²) in [5.74, 6) is -5.79. The molecule has 0 spiro atoms. The van der Waals surface area contributed by atoms with Gasteiger partial charge in [-0.25, -0.2) is 31.0 Å². The molecule has 7 nitrogen and oxygen atoms in total. The second-order valence-electron chi connectivity index (χ2n) is 10.3. The minimum absolute atomic E-state index is 0.0149. The third-order valence-corrected chi connectivity index (χ3v) is 7.73. The van der Waals surface area contributed by atoms with Gasteiger partial charge in [0.1, 0.15) is 30.3 Å². The van der Waals surface area contributed by atoms with Crippen molar-refractivity contribution in [1.82, 2.24) is 20.2 Å². The van der Waals surface area contributed by atoms with Crippen molar-refractivity contribution in [1.29, 1.82) is 0 Å². The molecule has 204 valence electrons. The van der Waals surface area contributed by atoms with Crippen LogP contribution in [0.1, 0.15) is 36.8 Å². The number of aliphatic hydroxyl groups is 2. The molecule has 3 aliphatic rings. The van der Waals surface area contributed by atoms with Gasteiger partial charge in [0.05, 0.1) is 12.6 Å². The molecule has 0 radical (unpaired) electrons. The molecule has 0 saturated heterocycles. The highest BCUT2D eigenvalue weighted by Crippen LogP contribution is 2.80. The first kappa shape index (κ1) is 26.4. The van der Waals surface area contributed by atoms with Crippen molar-refractivity contribution in [2.75, 3.05) is 6.61 Å². The molecule has 0 aliphatic heterocycles. The maximum atomic E-state index is 16.2. The molecule has 0 amide bonds. The Bertz CT molecular complexity index is 1270. The van der Waals surface area contributed by atoms with E-state index in [0.717, 1.165) is 28.7 Å². The van der Waals surface area contributed by atoms with Crippen LogP contribution >= 0.6 is 0 Å². The maximum Gasteiger partial charge on any atom is 0.287 e. The van der Waals surface area contributed by atoms with Crippen LogP contribution in [0.4, 0.5) is 26.3 Å². The van der Waals surface area contributed by atoms with Gasteiger partial charge in [-0.3, -0.25) is 0 Å². The number of aromatic nitrogens is 4. The molecule has 2 bridgehead atoms. The molecule has 38 heavy (non-hydrogen) atoms. The summed E-state index contributed by atoms with van der Waals surface area (Å²) in [4.78, 5) is 0. The Balaban J connectivity index is 1.33. The van der Waals surface area contributed by atoms with Crippen LogP contribution in [0.15, 0.2) is 48.8 Å².